The molecule has 0 spiro atoms. The van der Waals surface area contributed by atoms with Gasteiger partial charge in [0.05, 0.1) is 0 Å². The lowest BCUT2D eigenvalue weighted by Gasteiger charge is -2.23. The minimum atomic E-state index is 0.633. The predicted molar refractivity (Wildman–Crippen MR) is 71.1 cm³/mol. The minimum Gasteiger partial charge on any atom is -0.382 e. The minimum absolute atomic E-state index is 0.633. The van der Waals surface area contributed by atoms with Crippen LogP contribution in [0.3, 0.4) is 0 Å². The fourth-order valence-electron chi connectivity index (χ4n) is 2.63. The molecule has 0 bridgehead atoms. The van der Waals surface area contributed by atoms with Gasteiger partial charge in [0.25, 0.3) is 0 Å². The summed E-state index contributed by atoms with van der Waals surface area (Å²) in [5.41, 5.74) is 4.55. The van der Waals surface area contributed by atoms with E-state index in [2.05, 4.69) is 37.4 Å². The Kier molecular flexibility index (Phi) is 3.87. The van der Waals surface area contributed by atoms with Crippen molar-refractivity contribution >= 4 is 5.69 Å². The maximum atomic E-state index is 3.71. The summed E-state index contributed by atoms with van der Waals surface area (Å²) in [4.78, 5) is 0. The normalized spacial score (nSPS) is 14.9. The van der Waals surface area contributed by atoms with Gasteiger partial charge in [0.1, 0.15) is 0 Å². The van der Waals surface area contributed by atoms with Gasteiger partial charge in [-0.2, -0.15) is 0 Å². The molecule has 1 aliphatic rings. The van der Waals surface area contributed by atoms with Crippen LogP contribution in [0.1, 0.15) is 50.7 Å². The quantitative estimate of drug-likeness (QED) is 0.798. The van der Waals surface area contributed by atoms with E-state index in [9.17, 15) is 0 Å². The smallest absolute Gasteiger partial charge is 0.0377 e. The molecular formula is C15H23N. The van der Waals surface area contributed by atoms with Crippen molar-refractivity contribution in [3.63, 3.8) is 0 Å². The predicted octanol–water partition coefficient (Wildman–Crippen LogP) is 4.17. The van der Waals surface area contributed by atoms with Crippen LogP contribution in [0.2, 0.25) is 0 Å². The second-order valence-electron chi connectivity index (χ2n) is 4.81. The Morgan fingerprint density at radius 1 is 1.12 bits per heavy atom. The Morgan fingerprint density at radius 2 is 1.88 bits per heavy atom. The summed E-state index contributed by atoms with van der Waals surface area (Å²) >= 11 is 0. The molecule has 0 saturated heterocycles. The molecule has 0 fully saturated rings. The van der Waals surface area contributed by atoms with Crippen LogP contribution in [0, 0.1) is 0 Å². The summed E-state index contributed by atoms with van der Waals surface area (Å²) in [5.74, 6) is 0. The molecule has 0 atom stereocenters. The summed E-state index contributed by atoms with van der Waals surface area (Å²) in [6.45, 7) is 4.52. The Bertz CT molecular complexity index is 339. The molecule has 1 heteroatoms. The molecule has 0 radical (unpaired) electrons. The van der Waals surface area contributed by atoms with E-state index in [1.807, 2.05) is 0 Å². The average molecular weight is 217 g/mol. The van der Waals surface area contributed by atoms with Gasteiger partial charge >= 0.3 is 0 Å². The number of hydrogen-bond acceptors (Lipinski definition) is 1. The van der Waals surface area contributed by atoms with Crippen LogP contribution >= 0.6 is 0 Å². The van der Waals surface area contributed by atoms with E-state index in [1.54, 1.807) is 11.1 Å². The van der Waals surface area contributed by atoms with Crippen LogP contribution < -0.4 is 5.32 Å². The maximum absolute atomic E-state index is 3.71. The first-order valence-electron chi connectivity index (χ1n) is 6.72. The molecule has 1 aromatic carbocycles. The van der Waals surface area contributed by atoms with Gasteiger partial charge in [0.15, 0.2) is 0 Å². The van der Waals surface area contributed by atoms with Gasteiger partial charge < -0.3 is 5.32 Å². The number of nitrogens with one attached hydrogen (secondary N) is 1. The highest BCUT2D eigenvalue weighted by Crippen LogP contribution is 2.28. The number of hydrogen-bond donors (Lipinski definition) is 1. The van der Waals surface area contributed by atoms with Gasteiger partial charge in [-0.3, -0.25) is 0 Å². The van der Waals surface area contributed by atoms with Crippen molar-refractivity contribution in [1.82, 2.24) is 0 Å². The highest BCUT2D eigenvalue weighted by atomic mass is 14.9. The van der Waals surface area contributed by atoms with Gasteiger partial charge in [0.2, 0.25) is 0 Å². The first kappa shape index (κ1) is 11.5. The first-order valence-corrected chi connectivity index (χ1v) is 6.72. The Labute approximate surface area is 99.3 Å². The summed E-state index contributed by atoms with van der Waals surface area (Å²) < 4.78 is 0. The highest BCUT2D eigenvalue weighted by Gasteiger charge is 2.14. The summed E-state index contributed by atoms with van der Waals surface area (Å²) in [5, 5.41) is 3.71. The highest BCUT2D eigenvalue weighted by molar-refractivity contribution is 5.56. The zero-order chi connectivity index (χ0) is 11.4. The van der Waals surface area contributed by atoms with E-state index >= 15 is 0 Å². The van der Waals surface area contributed by atoms with Crippen LogP contribution in [0.5, 0.6) is 0 Å². The molecule has 16 heavy (non-hydrogen) atoms. The number of benzene rings is 1. The molecule has 1 nitrogen and oxygen atoms in total. The fourth-order valence-corrected chi connectivity index (χ4v) is 2.63. The van der Waals surface area contributed by atoms with Gasteiger partial charge in [-0.15, -0.1) is 0 Å². The Hall–Kier alpha value is -0.980. The Balaban J connectivity index is 2.20. The SMILES string of the molecule is CCC(CC)Nc1cccc2c1CCCC2. The Morgan fingerprint density at radius 3 is 2.62 bits per heavy atom. The molecule has 0 aliphatic heterocycles. The van der Waals surface area contributed by atoms with Crippen molar-refractivity contribution in [3.05, 3.63) is 29.3 Å². The number of anilines is 1. The zero-order valence-electron chi connectivity index (χ0n) is 10.6. The zero-order valence-corrected chi connectivity index (χ0v) is 10.6. The second-order valence-corrected chi connectivity index (χ2v) is 4.81. The molecular weight excluding hydrogens is 194 g/mol. The molecule has 1 aliphatic carbocycles. The summed E-state index contributed by atoms with van der Waals surface area (Å²) in [7, 11) is 0. The standard InChI is InChI=1S/C15H23N/c1-3-13(4-2)16-15-11-7-9-12-8-5-6-10-14(12)15/h7,9,11,13,16H,3-6,8,10H2,1-2H3. The van der Waals surface area contributed by atoms with Crippen LogP contribution in [0.25, 0.3) is 0 Å². The number of fused-ring (bicyclic) bond motifs is 1. The van der Waals surface area contributed by atoms with E-state index in [0.717, 1.165) is 0 Å². The maximum Gasteiger partial charge on any atom is 0.0377 e. The molecule has 88 valence electrons. The number of aryl methyl sites for hydroxylation is 1. The molecule has 0 heterocycles. The van der Waals surface area contributed by atoms with E-state index in [-0.39, 0.29) is 0 Å². The van der Waals surface area contributed by atoms with Crippen molar-refractivity contribution in [3.8, 4) is 0 Å². The van der Waals surface area contributed by atoms with Crippen molar-refractivity contribution in [2.45, 2.75) is 58.4 Å². The van der Waals surface area contributed by atoms with E-state index in [4.69, 9.17) is 0 Å². The lowest BCUT2D eigenvalue weighted by molar-refractivity contribution is 0.659. The van der Waals surface area contributed by atoms with Crippen LogP contribution in [0.4, 0.5) is 5.69 Å². The van der Waals surface area contributed by atoms with Gasteiger partial charge in [0, 0.05) is 11.7 Å². The topological polar surface area (TPSA) is 12.0 Å². The number of rotatable bonds is 4. The van der Waals surface area contributed by atoms with E-state index < -0.39 is 0 Å². The second kappa shape index (κ2) is 5.38. The van der Waals surface area contributed by atoms with Crippen molar-refractivity contribution in [2.75, 3.05) is 5.32 Å². The molecule has 1 N–H and O–H groups in total. The molecule has 0 amide bonds. The largest absolute Gasteiger partial charge is 0.382 e. The lowest BCUT2D eigenvalue weighted by Crippen LogP contribution is -2.19. The lowest BCUT2D eigenvalue weighted by atomic mass is 9.90. The van der Waals surface area contributed by atoms with Crippen molar-refractivity contribution in [1.29, 1.82) is 0 Å². The molecule has 0 unspecified atom stereocenters. The van der Waals surface area contributed by atoms with Crippen molar-refractivity contribution in [2.24, 2.45) is 0 Å². The first-order chi connectivity index (χ1) is 7.85. The molecule has 2 rings (SSSR count). The average Bonchev–Trinajstić information content (AvgIpc) is 2.36. The van der Waals surface area contributed by atoms with Gasteiger partial charge in [-0.1, -0.05) is 26.0 Å². The monoisotopic (exact) mass is 217 g/mol. The molecule has 0 saturated carbocycles. The van der Waals surface area contributed by atoms with Crippen LogP contribution in [-0.4, -0.2) is 6.04 Å². The van der Waals surface area contributed by atoms with Crippen LogP contribution in [0.15, 0.2) is 18.2 Å². The third-order valence-electron chi connectivity index (χ3n) is 3.74. The van der Waals surface area contributed by atoms with Gasteiger partial charge in [-0.05, 0) is 55.7 Å². The summed E-state index contributed by atoms with van der Waals surface area (Å²) in [6.07, 6.45) is 7.67. The van der Waals surface area contributed by atoms with E-state index in [0.29, 0.717) is 6.04 Å². The fraction of sp³-hybridized carbons (Fsp3) is 0.600. The summed E-state index contributed by atoms with van der Waals surface area (Å²) in [6, 6.07) is 7.39. The molecule has 0 aromatic heterocycles. The molecule has 1 aromatic rings. The van der Waals surface area contributed by atoms with Crippen molar-refractivity contribution < 1.29 is 0 Å². The van der Waals surface area contributed by atoms with Crippen LogP contribution in [-0.2, 0) is 12.8 Å². The third kappa shape index (κ3) is 2.40. The van der Waals surface area contributed by atoms with E-state index in [1.165, 1.54) is 44.2 Å². The third-order valence-corrected chi connectivity index (χ3v) is 3.74. The van der Waals surface area contributed by atoms with Gasteiger partial charge in [-0.25, -0.2) is 0 Å².